The lowest BCUT2D eigenvalue weighted by Crippen LogP contribution is -2.06. The standard InChI is InChI=1S/C21H20N2/c1-16-9-8-10-17(2)21(16)23-20(18-11-4-3-5-12-18)15-19-13-6-7-14-22-19/h3-14H,15H2,1-2H3. The summed E-state index contributed by atoms with van der Waals surface area (Å²) in [6.07, 6.45) is 2.55. The zero-order chi connectivity index (χ0) is 16.1. The van der Waals surface area contributed by atoms with E-state index < -0.39 is 0 Å². The molecule has 0 radical (unpaired) electrons. The van der Waals surface area contributed by atoms with Crippen LogP contribution < -0.4 is 0 Å². The van der Waals surface area contributed by atoms with Crippen LogP contribution in [0.2, 0.25) is 0 Å². The number of rotatable bonds is 4. The van der Waals surface area contributed by atoms with Crippen molar-refractivity contribution in [2.45, 2.75) is 20.3 Å². The van der Waals surface area contributed by atoms with Gasteiger partial charge in [0, 0.05) is 18.3 Å². The van der Waals surface area contributed by atoms with Gasteiger partial charge in [0.15, 0.2) is 0 Å². The molecule has 0 unspecified atom stereocenters. The number of aryl methyl sites for hydroxylation is 2. The monoisotopic (exact) mass is 300 g/mol. The van der Waals surface area contributed by atoms with Crippen LogP contribution in [0.5, 0.6) is 0 Å². The molecule has 0 aliphatic heterocycles. The Bertz CT molecular complexity index is 786. The number of para-hydroxylation sites is 1. The minimum Gasteiger partial charge on any atom is -0.261 e. The Labute approximate surface area is 137 Å². The molecule has 0 amide bonds. The average molecular weight is 300 g/mol. The van der Waals surface area contributed by atoms with E-state index in [-0.39, 0.29) is 0 Å². The van der Waals surface area contributed by atoms with E-state index in [1.165, 1.54) is 11.1 Å². The Morgan fingerprint density at radius 1 is 0.826 bits per heavy atom. The molecule has 0 N–H and O–H groups in total. The fraction of sp³-hybridized carbons (Fsp3) is 0.143. The Kier molecular flexibility index (Phi) is 4.62. The molecule has 114 valence electrons. The first-order valence-electron chi connectivity index (χ1n) is 7.83. The van der Waals surface area contributed by atoms with E-state index in [0.717, 1.165) is 29.1 Å². The predicted molar refractivity (Wildman–Crippen MR) is 96.5 cm³/mol. The van der Waals surface area contributed by atoms with Crippen molar-refractivity contribution >= 4 is 11.4 Å². The number of aromatic nitrogens is 1. The molecule has 0 saturated heterocycles. The summed E-state index contributed by atoms with van der Waals surface area (Å²) in [6.45, 7) is 4.21. The summed E-state index contributed by atoms with van der Waals surface area (Å²) in [5.74, 6) is 0. The maximum atomic E-state index is 5.00. The number of aliphatic imine (C=N–C) groups is 1. The van der Waals surface area contributed by atoms with E-state index in [2.05, 4.69) is 49.2 Å². The molecule has 0 aliphatic carbocycles. The van der Waals surface area contributed by atoms with Crippen molar-refractivity contribution in [1.29, 1.82) is 0 Å². The lowest BCUT2D eigenvalue weighted by atomic mass is 10.0. The van der Waals surface area contributed by atoms with Crippen LogP contribution in [0, 0.1) is 13.8 Å². The van der Waals surface area contributed by atoms with Crippen LogP contribution in [-0.2, 0) is 6.42 Å². The van der Waals surface area contributed by atoms with Crippen molar-refractivity contribution in [3.8, 4) is 0 Å². The summed E-state index contributed by atoms with van der Waals surface area (Å²) in [5, 5.41) is 0. The van der Waals surface area contributed by atoms with Gasteiger partial charge in [0.05, 0.1) is 11.4 Å². The van der Waals surface area contributed by atoms with E-state index in [4.69, 9.17) is 4.99 Å². The van der Waals surface area contributed by atoms with Crippen molar-refractivity contribution in [3.63, 3.8) is 0 Å². The van der Waals surface area contributed by atoms with Crippen LogP contribution in [0.4, 0.5) is 5.69 Å². The van der Waals surface area contributed by atoms with Gasteiger partial charge in [-0.25, -0.2) is 0 Å². The lowest BCUT2D eigenvalue weighted by Gasteiger charge is -2.10. The van der Waals surface area contributed by atoms with Crippen molar-refractivity contribution < 1.29 is 0 Å². The molecule has 1 aromatic heterocycles. The minimum absolute atomic E-state index is 0.721. The van der Waals surface area contributed by atoms with Crippen LogP contribution in [0.15, 0.2) is 77.9 Å². The number of hydrogen-bond donors (Lipinski definition) is 0. The van der Waals surface area contributed by atoms with Crippen LogP contribution >= 0.6 is 0 Å². The summed E-state index contributed by atoms with van der Waals surface area (Å²) < 4.78 is 0. The Morgan fingerprint density at radius 2 is 1.52 bits per heavy atom. The smallest absolute Gasteiger partial charge is 0.0691 e. The van der Waals surface area contributed by atoms with Crippen molar-refractivity contribution in [2.75, 3.05) is 0 Å². The molecule has 2 heteroatoms. The summed E-state index contributed by atoms with van der Waals surface area (Å²) in [6, 6.07) is 22.6. The maximum Gasteiger partial charge on any atom is 0.0691 e. The molecule has 2 nitrogen and oxygen atoms in total. The summed E-state index contributed by atoms with van der Waals surface area (Å²) in [5.41, 5.74) is 6.66. The number of pyridine rings is 1. The van der Waals surface area contributed by atoms with Crippen molar-refractivity contribution in [1.82, 2.24) is 4.98 Å². The van der Waals surface area contributed by atoms with Gasteiger partial charge in [-0.2, -0.15) is 0 Å². The minimum atomic E-state index is 0.721. The van der Waals surface area contributed by atoms with Gasteiger partial charge >= 0.3 is 0 Å². The fourth-order valence-electron chi connectivity index (χ4n) is 2.63. The third-order valence-electron chi connectivity index (χ3n) is 3.87. The van der Waals surface area contributed by atoms with Crippen LogP contribution in [0.1, 0.15) is 22.4 Å². The first-order chi connectivity index (χ1) is 11.2. The van der Waals surface area contributed by atoms with Gasteiger partial charge in [0.25, 0.3) is 0 Å². The maximum absolute atomic E-state index is 5.00. The highest BCUT2D eigenvalue weighted by Gasteiger charge is 2.08. The molecule has 2 aromatic carbocycles. The second-order valence-electron chi connectivity index (χ2n) is 5.66. The van der Waals surface area contributed by atoms with Crippen molar-refractivity contribution in [2.24, 2.45) is 4.99 Å². The van der Waals surface area contributed by atoms with Gasteiger partial charge in [0.2, 0.25) is 0 Å². The lowest BCUT2D eigenvalue weighted by molar-refractivity contribution is 1.13. The van der Waals surface area contributed by atoms with Crippen LogP contribution in [0.3, 0.4) is 0 Å². The Balaban J connectivity index is 2.07. The van der Waals surface area contributed by atoms with E-state index in [9.17, 15) is 0 Å². The van der Waals surface area contributed by atoms with Gasteiger partial charge in [-0.05, 0) is 42.7 Å². The van der Waals surface area contributed by atoms with Crippen LogP contribution in [-0.4, -0.2) is 10.7 Å². The average Bonchev–Trinajstić information content (AvgIpc) is 2.59. The second kappa shape index (κ2) is 7.01. The largest absolute Gasteiger partial charge is 0.261 e. The molecule has 0 saturated carbocycles. The Morgan fingerprint density at radius 3 is 2.17 bits per heavy atom. The number of benzene rings is 2. The topological polar surface area (TPSA) is 25.2 Å². The normalized spacial score (nSPS) is 11.5. The molecular formula is C21H20N2. The highest BCUT2D eigenvalue weighted by atomic mass is 14.8. The highest BCUT2D eigenvalue weighted by molar-refractivity contribution is 6.03. The van der Waals surface area contributed by atoms with Crippen molar-refractivity contribution in [3.05, 3.63) is 95.3 Å². The van der Waals surface area contributed by atoms with E-state index >= 15 is 0 Å². The number of nitrogens with zero attached hydrogens (tertiary/aromatic N) is 2. The second-order valence-corrected chi connectivity index (χ2v) is 5.66. The van der Waals surface area contributed by atoms with Gasteiger partial charge in [-0.3, -0.25) is 9.98 Å². The molecule has 0 spiro atoms. The zero-order valence-electron chi connectivity index (χ0n) is 13.5. The molecule has 0 atom stereocenters. The van der Waals surface area contributed by atoms with E-state index in [0.29, 0.717) is 0 Å². The van der Waals surface area contributed by atoms with Crippen LogP contribution in [0.25, 0.3) is 0 Å². The third-order valence-corrected chi connectivity index (χ3v) is 3.87. The molecule has 3 rings (SSSR count). The predicted octanol–water partition coefficient (Wildman–Crippen LogP) is 5.06. The van der Waals surface area contributed by atoms with Gasteiger partial charge in [-0.1, -0.05) is 54.6 Å². The third kappa shape index (κ3) is 3.72. The quantitative estimate of drug-likeness (QED) is 0.618. The summed E-state index contributed by atoms with van der Waals surface area (Å²) >= 11 is 0. The summed E-state index contributed by atoms with van der Waals surface area (Å²) in [7, 11) is 0. The van der Waals surface area contributed by atoms with E-state index in [1.807, 2.05) is 42.6 Å². The molecule has 23 heavy (non-hydrogen) atoms. The SMILES string of the molecule is Cc1cccc(C)c1N=C(Cc1ccccn1)c1ccccc1. The first kappa shape index (κ1) is 15.2. The summed E-state index contributed by atoms with van der Waals surface area (Å²) in [4.78, 5) is 9.45. The molecule has 0 aliphatic rings. The van der Waals surface area contributed by atoms with Gasteiger partial charge in [0.1, 0.15) is 0 Å². The molecular weight excluding hydrogens is 280 g/mol. The highest BCUT2D eigenvalue weighted by Crippen LogP contribution is 2.24. The fourth-order valence-corrected chi connectivity index (χ4v) is 2.63. The van der Waals surface area contributed by atoms with E-state index in [1.54, 1.807) is 0 Å². The molecule has 3 aromatic rings. The Hall–Kier alpha value is -2.74. The van der Waals surface area contributed by atoms with Gasteiger partial charge in [-0.15, -0.1) is 0 Å². The van der Waals surface area contributed by atoms with Gasteiger partial charge < -0.3 is 0 Å². The molecule has 0 fully saturated rings. The number of hydrogen-bond acceptors (Lipinski definition) is 2. The molecule has 1 heterocycles. The zero-order valence-corrected chi connectivity index (χ0v) is 13.5. The molecule has 0 bridgehead atoms. The first-order valence-corrected chi connectivity index (χ1v) is 7.83.